The third kappa shape index (κ3) is 2.45. The second kappa shape index (κ2) is 6.82. The van der Waals surface area contributed by atoms with Gasteiger partial charge in [0, 0.05) is 42.0 Å². The van der Waals surface area contributed by atoms with E-state index in [0.29, 0.717) is 0 Å². The standard InChI is InChI=1S/C13H29NO5Si/c1-7-11(20(17-4,18-5)19-6)12(14)9-8-10-13(12,15-2)16-3/h11H,7-10,14H2,1-6H3. The van der Waals surface area contributed by atoms with Crippen LogP contribution in [0.3, 0.4) is 0 Å². The molecule has 0 saturated heterocycles. The maximum absolute atomic E-state index is 6.77. The van der Waals surface area contributed by atoms with Crippen molar-refractivity contribution in [3.63, 3.8) is 0 Å². The summed E-state index contributed by atoms with van der Waals surface area (Å²) < 4.78 is 28.3. The van der Waals surface area contributed by atoms with Crippen molar-refractivity contribution in [3.8, 4) is 0 Å². The van der Waals surface area contributed by atoms with E-state index in [1.807, 2.05) is 0 Å². The maximum atomic E-state index is 6.77. The van der Waals surface area contributed by atoms with Crippen LogP contribution in [0.5, 0.6) is 0 Å². The molecule has 0 aromatic rings. The monoisotopic (exact) mass is 307 g/mol. The van der Waals surface area contributed by atoms with Gasteiger partial charge in [0.25, 0.3) is 0 Å². The van der Waals surface area contributed by atoms with Gasteiger partial charge in [0.1, 0.15) is 0 Å². The van der Waals surface area contributed by atoms with Crippen LogP contribution in [0.4, 0.5) is 0 Å². The van der Waals surface area contributed by atoms with Crippen molar-refractivity contribution >= 4 is 8.80 Å². The Balaban J connectivity index is 3.27. The molecule has 0 radical (unpaired) electrons. The molecule has 1 saturated carbocycles. The summed E-state index contributed by atoms with van der Waals surface area (Å²) in [6, 6.07) is 0. The smallest absolute Gasteiger partial charge is 0.377 e. The molecule has 1 aliphatic carbocycles. The molecule has 0 spiro atoms. The van der Waals surface area contributed by atoms with Crippen molar-refractivity contribution in [3.05, 3.63) is 0 Å². The predicted octanol–water partition coefficient (Wildman–Crippen LogP) is 1.52. The zero-order chi connectivity index (χ0) is 15.4. The topological polar surface area (TPSA) is 72.2 Å². The van der Waals surface area contributed by atoms with Gasteiger partial charge in [-0.05, 0) is 19.3 Å². The van der Waals surface area contributed by atoms with E-state index in [4.69, 9.17) is 28.5 Å². The zero-order valence-corrected chi connectivity index (χ0v) is 14.5. The highest BCUT2D eigenvalue weighted by Gasteiger charge is 2.66. The van der Waals surface area contributed by atoms with Crippen molar-refractivity contribution in [1.82, 2.24) is 0 Å². The Morgan fingerprint density at radius 1 is 1.00 bits per heavy atom. The fourth-order valence-electron chi connectivity index (χ4n) is 3.75. The highest BCUT2D eigenvalue weighted by atomic mass is 28.4. The van der Waals surface area contributed by atoms with Gasteiger partial charge in [0.15, 0.2) is 5.79 Å². The molecule has 0 aromatic heterocycles. The first kappa shape index (κ1) is 18.0. The molecule has 1 rings (SSSR count). The van der Waals surface area contributed by atoms with E-state index >= 15 is 0 Å². The fraction of sp³-hybridized carbons (Fsp3) is 1.00. The number of hydrogen-bond acceptors (Lipinski definition) is 6. The van der Waals surface area contributed by atoms with Gasteiger partial charge >= 0.3 is 8.80 Å². The minimum Gasteiger partial charge on any atom is -0.377 e. The molecule has 0 bridgehead atoms. The summed E-state index contributed by atoms with van der Waals surface area (Å²) in [6.45, 7) is 2.06. The number of ether oxygens (including phenoxy) is 2. The molecular weight excluding hydrogens is 278 g/mol. The van der Waals surface area contributed by atoms with Gasteiger partial charge in [-0.2, -0.15) is 0 Å². The first-order chi connectivity index (χ1) is 9.45. The van der Waals surface area contributed by atoms with Crippen LogP contribution in [0.25, 0.3) is 0 Å². The van der Waals surface area contributed by atoms with Crippen LogP contribution in [-0.4, -0.2) is 55.7 Å². The normalized spacial score (nSPS) is 27.8. The number of rotatable bonds is 8. The highest BCUT2D eigenvalue weighted by molar-refractivity contribution is 6.62. The second-order valence-electron chi connectivity index (χ2n) is 5.23. The molecule has 0 aromatic carbocycles. The maximum Gasteiger partial charge on any atom is 0.505 e. The van der Waals surface area contributed by atoms with Crippen LogP contribution in [0, 0.1) is 0 Å². The quantitative estimate of drug-likeness (QED) is 0.541. The molecule has 2 N–H and O–H groups in total. The third-order valence-electron chi connectivity index (χ3n) is 4.78. The predicted molar refractivity (Wildman–Crippen MR) is 78.3 cm³/mol. The zero-order valence-electron chi connectivity index (χ0n) is 13.5. The van der Waals surface area contributed by atoms with Crippen LogP contribution >= 0.6 is 0 Å². The summed E-state index contributed by atoms with van der Waals surface area (Å²) in [5, 5.41) is 0. The van der Waals surface area contributed by atoms with Crippen molar-refractivity contribution in [2.75, 3.05) is 35.5 Å². The molecule has 2 unspecified atom stereocenters. The Morgan fingerprint density at radius 2 is 1.50 bits per heavy atom. The average Bonchev–Trinajstić information content (AvgIpc) is 2.82. The van der Waals surface area contributed by atoms with E-state index in [2.05, 4.69) is 6.92 Å². The van der Waals surface area contributed by atoms with Gasteiger partial charge in [-0.15, -0.1) is 0 Å². The Labute approximate surface area is 123 Å². The highest BCUT2D eigenvalue weighted by Crippen LogP contribution is 2.52. The summed E-state index contributed by atoms with van der Waals surface area (Å²) in [6.07, 6.45) is 3.26. The van der Waals surface area contributed by atoms with Crippen LogP contribution < -0.4 is 5.73 Å². The second-order valence-corrected chi connectivity index (χ2v) is 8.36. The van der Waals surface area contributed by atoms with Gasteiger partial charge in [-0.1, -0.05) is 6.92 Å². The molecule has 20 heavy (non-hydrogen) atoms. The molecule has 6 nitrogen and oxygen atoms in total. The van der Waals surface area contributed by atoms with Gasteiger partial charge in [-0.25, -0.2) is 0 Å². The van der Waals surface area contributed by atoms with Gasteiger partial charge < -0.3 is 28.5 Å². The molecular formula is C13H29NO5Si. The lowest BCUT2D eigenvalue weighted by Gasteiger charge is -2.49. The average molecular weight is 307 g/mol. The first-order valence-corrected chi connectivity index (χ1v) is 8.80. The third-order valence-corrected chi connectivity index (χ3v) is 8.26. The van der Waals surface area contributed by atoms with Gasteiger partial charge in [0.2, 0.25) is 0 Å². The van der Waals surface area contributed by atoms with Crippen molar-refractivity contribution < 1.29 is 22.8 Å². The lowest BCUT2D eigenvalue weighted by molar-refractivity contribution is -0.238. The van der Waals surface area contributed by atoms with Gasteiger partial charge in [-0.3, -0.25) is 0 Å². The lowest BCUT2D eigenvalue weighted by atomic mass is 9.87. The Kier molecular flexibility index (Phi) is 6.15. The molecule has 2 atom stereocenters. The lowest BCUT2D eigenvalue weighted by Crippen LogP contribution is -2.68. The minimum absolute atomic E-state index is 0.0996. The van der Waals surface area contributed by atoms with E-state index in [1.165, 1.54) is 0 Å². The summed E-state index contributed by atoms with van der Waals surface area (Å²) in [5.74, 6) is -0.818. The number of methoxy groups -OCH3 is 2. The molecule has 0 heterocycles. The van der Waals surface area contributed by atoms with E-state index in [9.17, 15) is 0 Å². The minimum atomic E-state index is -2.89. The molecule has 0 amide bonds. The molecule has 1 aliphatic rings. The Morgan fingerprint density at radius 3 is 1.85 bits per heavy atom. The SMILES string of the molecule is CCC(C1(N)CCCC1(OC)OC)[Si](OC)(OC)OC. The van der Waals surface area contributed by atoms with E-state index in [-0.39, 0.29) is 5.54 Å². The van der Waals surface area contributed by atoms with Crippen LogP contribution in [0.15, 0.2) is 0 Å². The van der Waals surface area contributed by atoms with Gasteiger partial charge in [0.05, 0.1) is 11.1 Å². The molecule has 0 aliphatic heterocycles. The van der Waals surface area contributed by atoms with E-state index in [1.54, 1.807) is 35.5 Å². The number of hydrogen-bond donors (Lipinski definition) is 1. The van der Waals surface area contributed by atoms with Crippen molar-refractivity contribution in [2.45, 2.75) is 49.5 Å². The summed E-state index contributed by atoms with van der Waals surface area (Å²) in [7, 11) is 5.22. The summed E-state index contributed by atoms with van der Waals surface area (Å²) in [4.78, 5) is 0. The van der Waals surface area contributed by atoms with Crippen LogP contribution in [0.1, 0.15) is 32.6 Å². The van der Waals surface area contributed by atoms with Crippen LogP contribution in [0.2, 0.25) is 5.54 Å². The number of nitrogens with two attached hydrogens (primary N) is 1. The molecule has 7 heteroatoms. The largest absolute Gasteiger partial charge is 0.505 e. The van der Waals surface area contributed by atoms with Crippen LogP contribution in [-0.2, 0) is 22.8 Å². The van der Waals surface area contributed by atoms with Crippen molar-refractivity contribution in [1.29, 1.82) is 0 Å². The fourth-order valence-corrected chi connectivity index (χ4v) is 6.60. The first-order valence-electron chi connectivity index (χ1n) is 7.00. The summed E-state index contributed by atoms with van der Waals surface area (Å²) >= 11 is 0. The Hall–Kier alpha value is -0.0231. The van der Waals surface area contributed by atoms with Crippen molar-refractivity contribution in [2.24, 2.45) is 5.73 Å². The Bertz CT molecular complexity index is 301. The van der Waals surface area contributed by atoms with E-state index < -0.39 is 20.1 Å². The molecule has 1 fully saturated rings. The molecule has 120 valence electrons. The van der Waals surface area contributed by atoms with E-state index in [0.717, 1.165) is 25.7 Å². The summed E-state index contributed by atoms with van der Waals surface area (Å²) in [5.41, 5.74) is 5.98.